The highest BCUT2D eigenvalue weighted by molar-refractivity contribution is 7.99. The van der Waals surface area contributed by atoms with Crippen LogP contribution in [0.15, 0.2) is 48.8 Å². The Hall–Kier alpha value is -2.54. The zero-order valence-corrected chi connectivity index (χ0v) is 15.3. The fourth-order valence-corrected chi connectivity index (χ4v) is 3.57. The van der Waals surface area contributed by atoms with Crippen molar-refractivity contribution in [3.63, 3.8) is 0 Å². The molecule has 3 rings (SSSR count). The number of carbonyl (C=O) groups excluding carboxylic acids is 2. The maximum Gasteiger partial charge on any atom is 0.319 e. The van der Waals surface area contributed by atoms with Crippen LogP contribution >= 0.6 is 11.8 Å². The fourth-order valence-electron chi connectivity index (χ4n) is 2.67. The van der Waals surface area contributed by atoms with E-state index in [1.807, 2.05) is 53.1 Å². The van der Waals surface area contributed by atoms with Gasteiger partial charge in [-0.1, -0.05) is 18.2 Å². The fraction of sp³-hybridized carbons (Fsp3) is 0.316. The third-order valence-electron chi connectivity index (χ3n) is 4.11. The molecular weight excluding hydrogens is 348 g/mol. The van der Waals surface area contributed by atoms with Gasteiger partial charge in [0.1, 0.15) is 0 Å². The minimum atomic E-state index is -0.275. The first-order valence-corrected chi connectivity index (χ1v) is 9.74. The molecule has 0 spiro atoms. The van der Waals surface area contributed by atoms with Gasteiger partial charge in [-0.3, -0.25) is 9.78 Å². The van der Waals surface area contributed by atoms with Crippen LogP contribution in [-0.2, 0) is 17.8 Å². The van der Waals surface area contributed by atoms with E-state index in [4.69, 9.17) is 0 Å². The van der Waals surface area contributed by atoms with Gasteiger partial charge in [-0.25, -0.2) is 4.79 Å². The molecule has 2 aromatic rings. The van der Waals surface area contributed by atoms with Crippen molar-refractivity contribution in [1.82, 2.24) is 15.2 Å². The molecule has 1 saturated heterocycles. The number of hydrogen-bond acceptors (Lipinski definition) is 4. The summed E-state index contributed by atoms with van der Waals surface area (Å²) in [6.45, 7) is 2.08. The molecule has 136 valence electrons. The summed E-state index contributed by atoms with van der Waals surface area (Å²) in [6.07, 6.45) is 3.81. The van der Waals surface area contributed by atoms with Crippen LogP contribution in [0.25, 0.3) is 0 Å². The molecule has 1 fully saturated rings. The normalized spacial score (nSPS) is 13.9. The van der Waals surface area contributed by atoms with Crippen LogP contribution in [0.5, 0.6) is 0 Å². The first-order valence-electron chi connectivity index (χ1n) is 8.59. The van der Waals surface area contributed by atoms with Gasteiger partial charge in [-0.05, 0) is 29.3 Å². The molecule has 1 aliphatic heterocycles. The topological polar surface area (TPSA) is 74.3 Å². The highest BCUT2D eigenvalue weighted by Gasteiger charge is 2.16. The number of hydrogen-bond donors (Lipinski definition) is 2. The number of amides is 3. The van der Waals surface area contributed by atoms with Crippen LogP contribution in [0.2, 0.25) is 0 Å². The van der Waals surface area contributed by atoms with Gasteiger partial charge >= 0.3 is 6.03 Å². The zero-order valence-electron chi connectivity index (χ0n) is 14.5. The van der Waals surface area contributed by atoms with Crippen LogP contribution in [0, 0.1) is 0 Å². The van der Waals surface area contributed by atoms with Crippen LogP contribution in [0.3, 0.4) is 0 Å². The van der Waals surface area contributed by atoms with Crippen LogP contribution in [0.4, 0.5) is 10.5 Å². The predicted octanol–water partition coefficient (Wildman–Crippen LogP) is 2.52. The van der Waals surface area contributed by atoms with E-state index in [2.05, 4.69) is 15.6 Å². The van der Waals surface area contributed by atoms with E-state index in [0.717, 1.165) is 35.7 Å². The number of pyridine rings is 1. The van der Waals surface area contributed by atoms with Crippen LogP contribution in [-0.4, -0.2) is 46.4 Å². The Kier molecular flexibility index (Phi) is 6.49. The van der Waals surface area contributed by atoms with Gasteiger partial charge in [0.25, 0.3) is 0 Å². The Labute approximate surface area is 157 Å². The van der Waals surface area contributed by atoms with Crippen molar-refractivity contribution in [2.75, 3.05) is 29.9 Å². The average molecular weight is 370 g/mol. The van der Waals surface area contributed by atoms with Crippen LogP contribution < -0.4 is 10.6 Å². The average Bonchev–Trinajstić information content (AvgIpc) is 2.69. The first-order chi connectivity index (χ1) is 12.7. The van der Waals surface area contributed by atoms with Crippen molar-refractivity contribution >= 4 is 29.4 Å². The summed E-state index contributed by atoms with van der Waals surface area (Å²) in [5, 5.41) is 5.57. The molecule has 6 nitrogen and oxygen atoms in total. The molecule has 3 amide bonds. The second-order valence-corrected chi connectivity index (χ2v) is 7.26. The molecule has 0 radical (unpaired) electrons. The van der Waals surface area contributed by atoms with E-state index >= 15 is 0 Å². The number of urea groups is 1. The standard InChI is InChI=1S/C19H22N4O2S/c24-18(23-8-10-26-11-9-23)12-15-3-5-17(6-4-15)22-19(25)21-14-16-2-1-7-20-13-16/h1-7,13H,8-12,14H2,(H2,21,22,25). The van der Waals surface area contributed by atoms with Crippen LogP contribution in [0.1, 0.15) is 11.1 Å². The summed E-state index contributed by atoms with van der Waals surface area (Å²) in [7, 11) is 0. The Bertz CT molecular complexity index is 731. The maximum atomic E-state index is 12.3. The van der Waals surface area contributed by atoms with Crippen molar-refractivity contribution in [1.29, 1.82) is 0 Å². The minimum Gasteiger partial charge on any atom is -0.341 e. The molecule has 7 heteroatoms. The van der Waals surface area contributed by atoms with Crippen molar-refractivity contribution in [3.05, 3.63) is 59.9 Å². The van der Waals surface area contributed by atoms with Crippen molar-refractivity contribution in [2.24, 2.45) is 0 Å². The monoisotopic (exact) mass is 370 g/mol. The highest BCUT2D eigenvalue weighted by Crippen LogP contribution is 2.14. The van der Waals surface area contributed by atoms with Crippen molar-refractivity contribution in [2.45, 2.75) is 13.0 Å². The van der Waals surface area contributed by atoms with Gasteiger partial charge in [0.15, 0.2) is 0 Å². The van der Waals surface area contributed by atoms with E-state index in [9.17, 15) is 9.59 Å². The van der Waals surface area contributed by atoms with Gasteiger partial charge in [0.2, 0.25) is 5.91 Å². The molecular formula is C19H22N4O2S. The quantitative estimate of drug-likeness (QED) is 0.848. The summed E-state index contributed by atoms with van der Waals surface area (Å²) in [4.78, 5) is 30.2. The number of nitrogens with zero attached hydrogens (tertiary/aromatic N) is 2. The summed E-state index contributed by atoms with van der Waals surface area (Å²) < 4.78 is 0. The van der Waals surface area contributed by atoms with Gasteiger partial charge in [-0.2, -0.15) is 11.8 Å². The Morgan fingerprint density at radius 3 is 2.54 bits per heavy atom. The molecule has 0 saturated carbocycles. The maximum absolute atomic E-state index is 12.3. The summed E-state index contributed by atoms with van der Waals surface area (Å²) in [5.41, 5.74) is 2.58. The second kappa shape index (κ2) is 9.24. The SMILES string of the molecule is O=C(NCc1cccnc1)Nc1ccc(CC(=O)N2CCSCC2)cc1. The lowest BCUT2D eigenvalue weighted by atomic mass is 10.1. The summed E-state index contributed by atoms with van der Waals surface area (Å²) in [6, 6.07) is 10.9. The lowest BCUT2D eigenvalue weighted by molar-refractivity contribution is -0.130. The number of nitrogens with one attached hydrogen (secondary N) is 2. The molecule has 2 N–H and O–H groups in total. The minimum absolute atomic E-state index is 0.167. The van der Waals surface area contributed by atoms with E-state index in [1.54, 1.807) is 12.4 Å². The number of thioether (sulfide) groups is 1. The van der Waals surface area contributed by atoms with Crippen molar-refractivity contribution < 1.29 is 9.59 Å². The zero-order chi connectivity index (χ0) is 18.2. The molecule has 2 heterocycles. The first kappa shape index (κ1) is 18.3. The Morgan fingerprint density at radius 2 is 1.85 bits per heavy atom. The molecule has 0 bridgehead atoms. The van der Waals surface area contributed by atoms with Gasteiger partial charge in [0, 0.05) is 49.2 Å². The highest BCUT2D eigenvalue weighted by atomic mass is 32.2. The van der Waals surface area contributed by atoms with E-state index in [-0.39, 0.29) is 11.9 Å². The molecule has 1 aliphatic rings. The summed E-state index contributed by atoms with van der Waals surface area (Å²) in [5.74, 6) is 2.20. The number of benzene rings is 1. The number of rotatable bonds is 5. The molecule has 0 unspecified atom stereocenters. The predicted molar refractivity (Wildman–Crippen MR) is 104 cm³/mol. The lowest BCUT2D eigenvalue weighted by Crippen LogP contribution is -2.38. The van der Waals surface area contributed by atoms with E-state index in [0.29, 0.717) is 18.7 Å². The van der Waals surface area contributed by atoms with Gasteiger partial charge in [-0.15, -0.1) is 0 Å². The molecule has 1 aromatic heterocycles. The molecule has 1 aromatic carbocycles. The second-order valence-electron chi connectivity index (χ2n) is 6.04. The van der Waals surface area contributed by atoms with Gasteiger partial charge < -0.3 is 15.5 Å². The number of anilines is 1. The van der Waals surface area contributed by atoms with Gasteiger partial charge in [0.05, 0.1) is 6.42 Å². The third kappa shape index (κ3) is 5.49. The summed E-state index contributed by atoms with van der Waals surface area (Å²) >= 11 is 1.89. The van der Waals surface area contributed by atoms with Crippen molar-refractivity contribution in [3.8, 4) is 0 Å². The third-order valence-corrected chi connectivity index (χ3v) is 5.05. The number of carbonyl (C=O) groups is 2. The molecule has 0 aliphatic carbocycles. The lowest BCUT2D eigenvalue weighted by Gasteiger charge is -2.26. The Balaban J connectivity index is 1.46. The Morgan fingerprint density at radius 1 is 1.08 bits per heavy atom. The molecule has 0 atom stereocenters. The largest absolute Gasteiger partial charge is 0.341 e. The van der Waals surface area contributed by atoms with E-state index < -0.39 is 0 Å². The smallest absolute Gasteiger partial charge is 0.319 e. The van der Waals surface area contributed by atoms with E-state index in [1.165, 1.54) is 0 Å². The number of aromatic nitrogens is 1. The molecule has 26 heavy (non-hydrogen) atoms.